The molecule has 1 saturated heterocycles. The number of anilines is 1. The molecule has 1 aliphatic rings. The van der Waals surface area contributed by atoms with Gasteiger partial charge in [0, 0.05) is 16.4 Å². The summed E-state index contributed by atoms with van der Waals surface area (Å²) >= 11 is 12.6. The number of carbonyl (C=O) groups excluding carboxylic acids is 3. The van der Waals surface area contributed by atoms with Crippen LogP contribution in [0, 0.1) is 27.7 Å². The zero-order valence-corrected chi connectivity index (χ0v) is 20.0. The van der Waals surface area contributed by atoms with Crippen molar-refractivity contribution in [1.82, 2.24) is 9.88 Å². The Kier molecular flexibility index (Phi) is 5.91. The number of hydrogen-bond donors (Lipinski definition) is 1. The van der Waals surface area contributed by atoms with E-state index in [4.69, 9.17) is 23.2 Å². The fraction of sp³-hybridized carbons (Fsp3) is 0.160. The number of hydrogen-bond acceptors (Lipinski definition) is 3. The summed E-state index contributed by atoms with van der Waals surface area (Å²) in [5.74, 6) is -1.42. The van der Waals surface area contributed by atoms with Crippen LogP contribution in [-0.4, -0.2) is 22.4 Å². The molecule has 0 spiro atoms. The van der Waals surface area contributed by atoms with Gasteiger partial charge in [0.2, 0.25) is 0 Å². The SMILES string of the molecule is Cc1ccc(N2C(=O)NC(=O)/C(=C\c3cc(C)n(-c4cc(Cl)ccc4Cl)c3C)C2=O)cc1C. The van der Waals surface area contributed by atoms with Gasteiger partial charge in [0.1, 0.15) is 5.57 Å². The average Bonchev–Trinajstić information content (AvgIpc) is 3.02. The molecule has 0 atom stereocenters. The second kappa shape index (κ2) is 8.54. The molecule has 0 aliphatic carbocycles. The third-order valence-corrected chi connectivity index (χ3v) is 6.32. The lowest BCUT2D eigenvalue weighted by molar-refractivity contribution is -0.122. The topological polar surface area (TPSA) is 71.4 Å². The molecule has 0 radical (unpaired) electrons. The molecule has 0 unspecified atom stereocenters. The maximum absolute atomic E-state index is 13.2. The third kappa shape index (κ3) is 4.08. The van der Waals surface area contributed by atoms with Gasteiger partial charge in [0.15, 0.2) is 0 Å². The summed E-state index contributed by atoms with van der Waals surface area (Å²) in [4.78, 5) is 39.3. The van der Waals surface area contributed by atoms with E-state index in [9.17, 15) is 14.4 Å². The molecule has 4 amide bonds. The third-order valence-electron chi connectivity index (χ3n) is 5.77. The molecule has 0 saturated carbocycles. The number of aryl methyl sites for hydroxylation is 3. The molecule has 2 aromatic carbocycles. The summed E-state index contributed by atoms with van der Waals surface area (Å²) in [6.07, 6.45) is 1.50. The number of halogens is 2. The molecule has 8 heteroatoms. The lowest BCUT2D eigenvalue weighted by Gasteiger charge is -2.26. The van der Waals surface area contributed by atoms with E-state index in [-0.39, 0.29) is 5.57 Å². The normalized spacial score (nSPS) is 15.4. The molecule has 0 bridgehead atoms. The number of imide groups is 2. The average molecular weight is 482 g/mol. The molecular formula is C25H21Cl2N3O3. The molecule has 3 aromatic rings. The summed E-state index contributed by atoms with van der Waals surface area (Å²) in [6.45, 7) is 7.57. The predicted octanol–water partition coefficient (Wildman–Crippen LogP) is 5.68. The van der Waals surface area contributed by atoms with E-state index in [2.05, 4.69) is 5.32 Å². The van der Waals surface area contributed by atoms with Crippen molar-refractivity contribution in [1.29, 1.82) is 0 Å². The number of amides is 4. The van der Waals surface area contributed by atoms with Crippen LogP contribution in [0.2, 0.25) is 10.0 Å². The Hall–Kier alpha value is -3.35. The van der Waals surface area contributed by atoms with Gasteiger partial charge in [-0.15, -0.1) is 0 Å². The van der Waals surface area contributed by atoms with Crippen LogP contribution in [0.4, 0.5) is 10.5 Å². The lowest BCUT2D eigenvalue weighted by atomic mass is 10.1. The zero-order chi connectivity index (χ0) is 24.0. The summed E-state index contributed by atoms with van der Waals surface area (Å²) in [5, 5.41) is 3.31. The maximum Gasteiger partial charge on any atom is 0.335 e. The van der Waals surface area contributed by atoms with E-state index < -0.39 is 17.8 Å². The number of aromatic nitrogens is 1. The van der Waals surface area contributed by atoms with Gasteiger partial charge in [-0.05, 0) is 86.9 Å². The molecule has 168 valence electrons. The predicted molar refractivity (Wildman–Crippen MR) is 130 cm³/mol. The Labute approximate surface area is 201 Å². The maximum atomic E-state index is 13.2. The minimum atomic E-state index is -0.776. The summed E-state index contributed by atoms with van der Waals surface area (Å²) in [7, 11) is 0. The van der Waals surface area contributed by atoms with Crippen LogP contribution in [0.1, 0.15) is 28.1 Å². The Balaban J connectivity index is 1.79. The van der Waals surface area contributed by atoms with Crippen molar-refractivity contribution < 1.29 is 14.4 Å². The highest BCUT2D eigenvalue weighted by Gasteiger charge is 2.37. The summed E-state index contributed by atoms with van der Waals surface area (Å²) in [6, 6.07) is 11.5. The Bertz CT molecular complexity index is 1370. The van der Waals surface area contributed by atoms with E-state index in [1.54, 1.807) is 30.3 Å². The number of urea groups is 1. The van der Waals surface area contributed by atoms with Gasteiger partial charge in [-0.1, -0.05) is 29.3 Å². The molecule has 1 aliphatic heterocycles. The van der Waals surface area contributed by atoms with Crippen molar-refractivity contribution in [3.63, 3.8) is 0 Å². The second-order valence-electron chi connectivity index (χ2n) is 7.98. The monoisotopic (exact) mass is 481 g/mol. The smallest absolute Gasteiger partial charge is 0.316 e. The minimum Gasteiger partial charge on any atom is -0.316 e. The number of nitrogens with one attached hydrogen (secondary N) is 1. The standard InChI is InChI=1S/C25H21Cl2N3O3/c1-13-5-7-19(9-14(13)2)30-24(32)20(23(31)28-25(30)33)11-17-10-15(3)29(16(17)4)22-12-18(26)6-8-21(22)27/h5-12H,1-4H3,(H,28,31,33)/b20-11+. The van der Waals surface area contributed by atoms with E-state index in [1.165, 1.54) is 6.08 Å². The molecule has 4 rings (SSSR count). The highest BCUT2D eigenvalue weighted by molar-refractivity contribution is 6.39. The molecule has 33 heavy (non-hydrogen) atoms. The van der Waals surface area contributed by atoms with Crippen molar-refractivity contribution in [3.8, 4) is 5.69 Å². The molecule has 1 aromatic heterocycles. The van der Waals surface area contributed by atoms with Crippen LogP contribution in [-0.2, 0) is 9.59 Å². The number of barbiturate groups is 1. The number of carbonyl (C=O) groups is 3. The van der Waals surface area contributed by atoms with Crippen LogP contribution >= 0.6 is 23.2 Å². The van der Waals surface area contributed by atoms with Crippen LogP contribution < -0.4 is 10.2 Å². The first-order chi connectivity index (χ1) is 15.6. The summed E-state index contributed by atoms with van der Waals surface area (Å²) < 4.78 is 1.90. The van der Waals surface area contributed by atoms with E-state index in [0.717, 1.165) is 27.4 Å². The summed E-state index contributed by atoms with van der Waals surface area (Å²) in [5.41, 5.74) is 5.17. The largest absolute Gasteiger partial charge is 0.335 e. The van der Waals surface area contributed by atoms with Gasteiger partial charge >= 0.3 is 6.03 Å². The fourth-order valence-electron chi connectivity index (χ4n) is 3.87. The van der Waals surface area contributed by atoms with E-state index in [0.29, 0.717) is 27.0 Å². The van der Waals surface area contributed by atoms with Gasteiger partial charge in [-0.3, -0.25) is 14.9 Å². The van der Waals surface area contributed by atoms with E-state index >= 15 is 0 Å². The van der Waals surface area contributed by atoms with Gasteiger partial charge in [0.05, 0.1) is 16.4 Å². The first-order valence-corrected chi connectivity index (χ1v) is 11.0. The van der Waals surface area contributed by atoms with Crippen molar-refractivity contribution in [2.75, 3.05) is 4.90 Å². The van der Waals surface area contributed by atoms with Gasteiger partial charge in [0.25, 0.3) is 11.8 Å². The van der Waals surface area contributed by atoms with Crippen molar-refractivity contribution in [2.24, 2.45) is 0 Å². The fourth-order valence-corrected chi connectivity index (χ4v) is 4.24. The molecular weight excluding hydrogens is 461 g/mol. The van der Waals surface area contributed by atoms with Gasteiger partial charge in [-0.2, -0.15) is 0 Å². The molecule has 1 fully saturated rings. The first kappa shape index (κ1) is 22.8. The van der Waals surface area contributed by atoms with Crippen LogP contribution in [0.25, 0.3) is 11.8 Å². The number of nitrogens with zero attached hydrogens (tertiary/aromatic N) is 2. The second-order valence-corrected chi connectivity index (χ2v) is 8.83. The Morgan fingerprint density at radius 1 is 0.879 bits per heavy atom. The van der Waals surface area contributed by atoms with Crippen molar-refractivity contribution in [3.05, 3.63) is 86.2 Å². The lowest BCUT2D eigenvalue weighted by Crippen LogP contribution is -2.54. The highest BCUT2D eigenvalue weighted by atomic mass is 35.5. The molecule has 2 heterocycles. The first-order valence-electron chi connectivity index (χ1n) is 10.2. The molecule has 6 nitrogen and oxygen atoms in total. The Morgan fingerprint density at radius 3 is 2.30 bits per heavy atom. The van der Waals surface area contributed by atoms with E-state index in [1.807, 2.05) is 44.4 Å². The number of benzene rings is 2. The van der Waals surface area contributed by atoms with Crippen LogP contribution in [0.3, 0.4) is 0 Å². The van der Waals surface area contributed by atoms with Crippen LogP contribution in [0.5, 0.6) is 0 Å². The van der Waals surface area contributed by atoms with Crippen molar-refractivity contribution >= 4 is 52.8 Å². The molecule has 1 N–H and O–H groups in total. The Morgan fingerprint density at radius 2 is 1.61 bits per heavy atom. The van der Waals surface area contributed by atoms with Crippen molar-refractivity contribution in [2.45, 2.75) is 27.7 Å². The van der Waals surface area contributed by atoms with Gasteiger partial charge in [-0.25, -0.2) is 9.69 Å². The number of rotatable bonds is 3. The highest BCUT2D eigenvalue weighted by Crippen LogP contribution is 2.31. The van der Waals surface area contributed by atoms with Crippen LogP contribution in [0.15, 0.2) is 48.0 Å². The quantitative estimate of drug-likeness (QED) is 0.386. The zero-order valence-electron chi connectivity index (χ0n) is 18.5. The minimum absolute atomic E-state index is 0.134. The van der Waals surface area contributed by atoms with Gasteiger partial charge < -0.3 is 4.57 Å².